The molecule has 4 rings (SSSR count). The van der Waals surface area contributed by atoms with Crippen molar-refractivity contribution < 1.29 is 0 Å². The van der Waals surface area contributed by atoms with Crippen LogP contribution in [0.5, 0.6) is 0 Å². The van der Waals surface area contributed by atoms with Crippen molar-refractivity contribution in [2.24, 2.45) is 5.92 Å². The van der Waals surface area contributed by atoms with Crippen LogP contribution in [0.3, 0.4) is 0 Å². The molecule has 1 unspecified atom stereocenters. The summed E-state index contributed by atoms with van der Waals surface area (Å²) in [5.41, 5.74) is 1.28. The first kappa shape index (κ1) is 13.4. The maximum atomic E-state index is 4.18. The monoisotopic (exact) mass is 293 g/mol. The van der Waals surface area contributed by atoms with Crippen molar-refractivity contribution in [3.8, 4) is 0 Å². The summed E-state index contributed by atoms with van der Waals surface area (Å²) >= 11 is 0. The van der Waals surface area contributed by atoms with E-state index in [9.17, 15) is 0 Å². The Morgan fingerprint density at radius 1 is 1.14 bits per heavy atom. The quantitative estimate of drug-likeness (QED) is 0.806. The van der Waals surface area contributed by atoms with Crippen molar-refractivity contribution in [3.05, 3.63) is 54.4 Å². The lowest BCUT2D eigenvalue weighted by Gasteiger charge is -2.30. The molecule has 1 N–H and O–H groups in total. The molecule has 5 heteroatoms. The molecule has 0 saturated carbocycles. The van der Waals surface area contributed by atoms with Gasteiger partial charge in [0.25, 0.3) is 0 Å². The van der Waals surface area contributed by atoms with Gasteiger partial charge >= 0.3 is 0 Å². The fraction of sp³-hybridized carbons (Fsp3) is 0.353. The smallest absolute Gasteiger partial charge is 0.138 e. The fourth-order valence-electron chi connectivity index (χ4n) is 3.48. The van der Waals surface area contributed by atoms with Gasteiger partial charge in [-0.2, -0.15) is 0 Å². The zero-order valence-corrected chi connectivity index (χ0v) is 12.4. The van der Waals surface area contributed by atoms with Gasteiger partial charge in [0, 0.05) is 6.54 Å². The highest BCUT2D eigenvalue weighted by Gasteiger charge is 2.27. The molecule has 112 valence electrons. The Hall–Kier alpha value is -2.27. The van der Waals surface area contributed by atoms with Crippen LogP contribution < -0.4 is 5.32 Å². The molecule has 2 heterocycles. The summed E-state index contributed by atoms with van der Waals surface area (Å²) in [7, 11) is 0. The molecule has 0 spiro atoms. The van der Waals surface area contributed by atoms with E-state index in [1.54, 1.807) is 6.33 Å². The van der Waals surface area contributed by atoms with Gasteiger partial charge in [-0.25, -0.2) is 4.68 Å². The molecular weight excluding hydrogens is 274 g/mol. The van der Waals surface area contributed by atoms with Gasteiger partial charge in [0.15, 0.2) is 0 Å². The second kappa shape index (κ2) is 5.85. The van der Waals surface area contributed by atoms with Crippen LogP contribution in [0.25, 0.3) is 10.8 Å². The molecule has 0 radical (unpaired) electrons. The summed E-state index contributed by atoms with van der Waals surface area (Å²) in [6.07, 6.45) is 4.13. The van der Waals surface area contributed by atoms with Gasteiger partial charge < -0.3 is 5.32 Å². The van der Waals surface area contributed by atoms with Crippen LogP contribution in [-0.4, -0.2) is 33.3 Å². The lowest BCUT2D eigenvalue weighted by atomic mass is 9.86. The molecule has 2 atom stereocenters. The van der Waals surface area contributed by atoms with Crippen molar-refractivity contribution >= 4 is 10.8 Å². The summed E-state index contributed by atoms with van der Waals surface area (Å²) in [5, 5.41) is 17.9. The number of rotatable bonds is 3. The Bertz CT molecular complexity index is 747. The van der Waals surface area contributed by atoms with Crippen LogP contribution in [0, 0.1) is 5.92 Å². The van der Waals surface area contributed by atoms with E-state index in [-0.39, 0.29) is 6.04 Å². The van der Waals surface area contributed by atoms with E-state index in [0.29, 0.717) is 5.92 Å². The summed E-state index contributed by atoms with van der Waals surface area (Å²) in [5.74, 6) is 0.512. The number of aromatic nitrogens is 4. The van der Waals surface area contributed by atoms with E-state index in [4.69, 9.17) is 0 Å². The molecular formula is C17H19N5. The molecule has 0 bridgehead atoms. The van der Waals surface area contributed by atoms with Crippen molar-refractivity contribution in [2.45, 2.75) is 18.9 Å². The van der Waals surface area contributed by atoms with E-state index >= 15 is 0 Å². The molecule has 22 heavy (non-hydrogen) atoms. The number of benzene rings is 2. The molecule has 0 aliphatic carbocycles. The number of piperidine rings is 1. The van der Waals surface area contributed by atoms with E-state index in [1.165, 1.54) is 29.2 Å². The third kappa shape index (κ3) is 2.48. The zero-order chi connectivity index (χ0) is 14.8. The predicted octanol–water partition coefficient (Wildman–Crippen LogP) is 2.42. The third-order valence-electron chi connectivity index (χ3n) is 4.55. The van der Waals surface area contributed by atoms with Gasteiger partial charge in [0.2, 0.25) is 0 Å². The highest BCUT2D eigenvalue weighted by Crippen LogP contribution is 2.32. The van der Waals surface area contributed by atoms with Crippen LogP contribution in [0.4, 0.5) is 0 Å². The molecule has 2 aromatic carbocycles. The minimum Gasteiger partial charge on any atom is -0.316 e. The Morgan fingerprint density at radius 2 is 2.05 bits per heavy atom. The molecule has 5 nitrogen and oxygen atoms in total. The molecule has 3 aromatic rings. The van der Waals surface area contributed by atoms with E-state index in [1.807, 2.05) is 4.68 Å². The minimum atomic E-state index is 0.187. The summed E-state index contributed by atoms with van der Waals surface area (Å²) in [6, 6.07) is 15.3. The average molecular weight is 293 g/mol. The number of fused-ring (bicyclic) bond motifs is 1. The van der Waals surface area contributed by atoms with Gasteiger partial charge in [0.1, 0.15) is 6.33 Å². The maximum absolute atomic E-state index is 4.18. The Labute approximate surface area is 129 Å². The van der Waals surface area contributed by atoms with Crippen LogP contribution in [0.1, 0.15) is 24.4 Å². The molecule has 1 aromatic heterocycles. The highest BCUT2D eigenvalue weighted by atomic mass is 15.5. The molecule has 1 fully saturated rings. The Morgan fingerprint density at radius 3 is 2.82 bits per heavy atom. The number of hydrogen-bond acceptors (Lipinski definition) is 4. The predicted molar refractivity (Wildman–Crippen MR) is 85.5 cm³/mol. The van der Waals surface area contributed by atoms with Gasteiger partial charge in [-0.05, 0) is 58.1 Å². The molecule has 1 aliphatic heterocycles. The first-order chi connectivity index (χ1) is 10.9. The zero-order valence-electron chi connectivity index (χ0n) is 12.4. The van der Waals surface area contributed by atoms with Crippen LogP contribution in [0.2, 0.25) is 0 Å². The summed E-state index contributed by atoms with van der Waals surface area (Å²) < 4.78 is 1.90. The van der Waals surface area contributed by atoms with E-state index < -0.39 is 0 Å². The second-order valence-corrected chi connectivity index (χ2v) is 5.95. The molecule has 0 amide bonds. The Kier molecular flexibility index (Phi) is 3.56. The number of nitrogens with one attached hydrogen (secondary N) is 1. The first-order valence-corrected chi connectivity index (χ1v) is 7.84. The average Bonchev–Trinajstić information content (AvgIpc) is 3.10. The van der Waals surface area contributed by atoms with Crippen molar-refractivity contribution in [3.63, 3.8) is 0 Å². The summed E-state index contributed by atoms with van der Waals surface area (Å²) in [4.78, 5) is 0. The minimum absolute atomic E-state index is 0.187. The normalized spacial score (nSPS) is 20.1. The number of nitrogens with zero attached hydrogens (tertiary/aromatic N) is 4. The highest BCUT2D eigenvalue weighted by molar-refractivity contribution is 5.83. The lowest BCUT2D eigenvalue weighted by Crippen LogP contribution is -2.36. The summed E-state index contributed by atoms with van der Waals surface area (Å²) in [6.45, 7) is 2.12. The molecule has 1 saturated heterocycles. The van der Waals surface area contributed by atoms with Crippen LogP contribution >= 0.6 is 0 Å². The Balaban J connectivity index is 1.78. The van der Waals surface area contributed by atoms with Crippen LogP contribution in [-0.2, 0) is 0 Å². The standard InChI is InChI=1S/C17H19N5/c1-2-5-14-10-15(8-7-13(14)4-1)17(22-12-19-20-21-22)16-6-3-9-18-11-16/h1-2,4-5,7-8,10,12,16-18H,3,6,9,11H2/t16-,17?/m0/s1. The van der Waals surface area contributed by atoms with Gasteiger partial charge in [-0.15, -0.1) is 5.10 Å². The third-order valence-corrected chi connectivity index (χ3v) is 4.55. The van der Waals surface area contributed by atoms with E-state index in [2.05, 4.69) is 63.3 Å². The topological polar surface area (TPSA) is 55.6 Å². The van der Waals surface area contributed by atoms with Gasteiger partial charge in [0.05, 0.1) is 6.04 Å². The van der Waals surface area contributed by atoms with Gasteiger partial charge in [-0.3, -0.25) is 0 Å². The fourth-order valence-corrected chi connectivity index (χ4v) is 3.48. The first-order valence-electron chi connectivity index (χ1n) is 7.84. The van der Waals surface area contributed by atoms with Gasteiger partial charge in [-0.1, -0.05) is 36.4 Å². The number of hydrogen-bond donors (Lipinski definition) is 1. The SMILES string of the molecule is c1ccc2cc(C([C@H]3CCCNC3)n3cnnn3)ccc2c1. The van der Waals surface area contributed by atoms with Crippen molar-refractivity contribution in [2.75, 3.05) is 13.1 Å². The van der Waals surface area contributed by atoms with Crippen molar-refractivity contribution in [1.82, 2.24) is 25.5 Å². The van der Waals surface area contributed by atoms with Crippen LogP contribution in [0.15, 0.2) is 48.8 Å². The second-order valence-electron chi connectivity index (χ2n) is 5.95. The van der Waals surface area contributed by atoms with E-state index in [0.717, 1.165) is 13.1 Å². The van der Waals surface area contributed by atoms with Crippen molar-refractivity contribution in [1.29, 1.82) is 0 Å². The maximum Gasteiger partial charge on any atom is 0.138 e. The largest absolute Gasteiger partial charge is 0.316 e. The number of tetrazole rings is 1. The lowest BCUT2D eigenvalue weighted by molar-refractivity contribution is 0.279. The molecule has 1 aliphatic rings.